The zero-order chi connectivity index (χ0) is 21.4. The second kappa shape index (κ2) is 7.76. The fourth-order valence-electron chi connectivity index (χ4n) is 4.19. The Morgan fingerprint density at radius 1 is 0.742 bits per heavy atom. The van der Waals surface area contributed by atoms with Gasteiger partial charge in [-0.1, -0.05) is 24.3 Å². The molecule has 1 aliphatic heterocycles. The van der Waals surface area contributed by atoms with Gasteiger partial charge in [0.15, 0.2) is 24.8 Å². The van der Waals surface area contributed by atoms with Crippen molar-refractivity contribution in [1.29, 1.82) is 0 Å². The zero-order valence-corrected chi connectivity index (χ0v) is 17.4. The zero-order valence-electron chi connectivity index (χ0n) is 17.4. The molecule has 2 aromatic heterocycles. The molecule has 2 aromatic carbocycles. The van der Waals surface area contributed by atoms with E-state index < -0.39 is 0 Å². The minimum absolute atomic E-state index is 0.202. The van der Waals surface area contributed by atoms with Crippen molar-refractivity contribution in [2.75, 3.05) is 6.54 Å². The van der Waals surface area contributed by atoms with Gasteiger partial charge in [0.2, 0.25) is 0 Å². The number of benzene rings is 2. The Labute approximate surface area is 180 Å². The molecule has 0 saturated carbocycles. The number of carbonyl (C=O) groups excluding carboxylic acids is 2. The summed E-state index contributed by atoms with van der Waals surface area (Å²) in [5, 5.41) is 1.70. The standard InChI is InChI=1S/C26H23N3O2/c1-27-15-9-19(10-16-27)20-11-17-28(18-12-20)13-4-14-29-25(30)22-7-2-5-21-6-3-8-23(24(21)22)26(29)31/h2-3,5-12,15-18H,4,13-14H2,1H3/q+2. The summed E-state index contributed by atoms with van der Waals surface area (Å²) in [7, 11) is 2.00. The number of carbonyl (C=O) groups is 2. The molecule has 0 spiro atoms. The highest BCUT2D eigenvalue weighted by Crippen LogP contribution is 2.29. The molecule has 152 valence electrons. The number of imide groups is 1. The summed E-state index contributed by atoms with van der Waals surface area (Å²) in [6.45, 7) is 1.12. The second-order valence-electron chi connectivity index (χ2n) is 7.90. The van der Waals surface area contributed by atoms with Gasteiger partial charge in [-0.2, -0.15) is 0 Å². The number of nitrogens with zero attached hydrogens (tertiary/aromatic N) is 3. The highest BCUT2D eigenvalue weighted by atomic mass is 16.2. The van der Waals surface area contributed by atoms with E-state index in [2.05, 4.69) is 28.8 Å². The largest absolute Gasteiger partial charge is 0.274 e. The molecule has 0 unspecified atom stereocenters. The first-order chi connectivity index (χ1) is 15.1. The number of hydrogen-bond donors (Lipinski definition) is 0. The van der Waals surface area contributed by atoms with E-state index in [1.54, 1.807) is 0 Å². The number of aryl methyl sites for hydroxylation is 2. The maximum atomic E-state index is 13.0. The van der Waals surface area contributed by atoms with E-state index >= 15 is 0 Å². The van der Waals surface area contributed by atoms with Crippen molar-refractivity contribution >= 4 is 22.6 Å². The summed E-state index contributed by atoms with van der Waals surface area (Å²) in [5.41, 5.74) is 3.55. The van der Waals surface area contributed by atoms with E-state index in [0.29, 0.717) is 24.1 Å². The van der Waals surface area contributed by atoms with Gasteiger partial charge in [0, 0.05) is 53.7 Å². The molecule has 0 bridgehead atoms. The average Bonchev–Trinajstić information content (AvgIpc) is 2.80. The molecule has 3 heterocycles. The van der Waals surface area contributed by atoms with Gasteiger partial charge in [0.1, 0.15) is 13.6 Å². The number of amides is 2. The lowest BCUT2D eigenvalue weighted by Crippen LogP contribution is -2.42. The van der Waals surface area contributed by atoms with Crippen LogP contribution in [0, 0.1) is 0 Å². The van der Waals surface area contributed by atoms with Gasteiger partial charge in [-0.3, -0.25) is 14.5 Å². The Hall–Kier alpha value is -3.86. The monoisotopic (exact) mass is 409 g/mol. The van der Waals surface area contributed by atoms with Gasteiger partial charge in [0.25, 0.3) is 11.8 Å². The van der Waals surface area contributed by atoms with Crippen molar-refractivity contribution in [3.63, 3.8) is 0 Å². The lowest BCUT2D eigenvalue weighted by Gasteiger charge is -2.26. The number of rotatable bonds is 5. The smallest absolute Gasteiger partial charge is 0.261 e. The molecule has 5 rings (SSSR count). The lowest BCUT2D eigenvalue weighted by atomic mass is 9.94. The SMILES string of the molecule is C[n+]1ccc(-c2cc[n+](CCCN3C(=O)c4cccc5cccc(c45)C3=O)cc2)cc1. The van der Waals surface area contributed by atoms with Crippen LogP contribution in [0.3, 0.4) is 0 Å². The van der Waals surface area contributed by atoms with Crippen molar-refractivity contribution in [3.8, 4) is 11.1 Å². The fourth-order valence-corrected chi connectivity index (χ4v) is 4.19. The van der Waals surface area contributed by atoms with E-state index in [1.807, 2.05) is 72.8 Å². The maximum absolute atomic E-state index is 13.0. The first-order valence-corrected chi connectivity index (χ1v) is 10.4. The average molecular weight is 409 g/mol. The van der Waals surface area contributed by atoms with Crippen molar-refractivity contribution in [3.05, 3.63) is 96.6 Å². The van der Waals surface area contributed by atoms with E-state index in [9.17, 15) is 9.59 Å². The van der Waals surface area contributed by atoms with Crippen LogP contribution in [0.2, 0.25) is 0 Å². The molecule has 31 heavy (non-hydrogen) atoms. The molecule has 0 radical (unpaired) electrons. The molecule has 0 fully saturated rings. The Balaban J connectivity index is 1.28. The molecular weight excluding hydrogens is 386 g/mol. The fraction of sp³-hybridized carbons (Fsp3) is 0.154. The summed E-state index contributed by atoms with van der Waals surface area (Å²) >= 11 is 0. The quantitative estimate of drug-likeness (QED) is 0.375. The van der Waals surface area contributed by atoms with E-state index in [1.165, 1.54) is 10.5 Å². The molecule has 5 nitrogen and oxygen atoms in total. The highest BCUT2D eigenvalue weighted by Gasteiger charge is 2.32. The number of pyridine rings is 2. The molecular formula is C26H23N3O2+2. The van der Waals surface area contributed by atoms with Crippen LogP contribution >= 0.6 is 0 Å². The van der Waals surface area contributed by atoms with E-state index in [4.69, 9.17) is 0 Å². The van der Waals surface area contributed by atoms with Gasteiger partial charge >= 0.3 is 0 Å². The van der Waals surface area contributed by atoms with Gasteiger partial charge in [-0.25, -0.2) is 9.13 Å². The van der Waals surface area contributed by atoms with Crippen molar-refractivity contribution in [2.24, 2.45) is 7.05 Å². The van der Waals surface area contributed by atoms with E-state index in [-0.39, 0.29) is 11.8 Å². The van der Waals surface area contributed by atoms with Crippen molar-refractivity contribution in [2.45, 2.75) is 13.0 Å². The topological polar surface area (TPSA) is 45.1 Å². The Morgan fingerprint density at radius 3 is 1.87 bits per heavy atom. The van der Waals surface area contributed by atoms with Crippen molar-refractivity contribution < 1.29 is 18.7 Å². The molecule has 2 amide bonds. The first-order valence-electron chi connectivity index (χ1n) is 10.4. The Morgan fingerprint density at radius 2 is 1.29 bits per heavy atom. The summed E-state index contributed by atoms with van der Waals surface area (Å²) in [5.74, 6) is -0.404. The highest BCUT2D eigenvalue weighted by molar-refractivity contribution is 6.25. The van der Waals surface area contributed by atoms with E-state index in [0.717, 1.165) is 22.9 Å². The molecule has 0 N–H and O–H groups in total. The molecule has 0 saturated heterocycles. The normalized spacial score (nSPS) is 13.1. The summed E-state index contributed by atoms with van der Waals surface area (Å²) in [4.78, 5) is 27.3. The summed E-state index contributed by atoms with van der Waals surface area (Å²) in [6.07, 6.45) is 8.83. The van der Waals surface area contributed by atoms with Crippen LogP contribution in [0.4, 0.5) is 0 Å². The third-order valence-electron chi connectivity index (χ3n) is 5.86. The lowest BCUT2D eigenvalue weighted by molar-refractivity contribution is -0.697. The molecule has 5 heteroatoms. The molecule has 0 atom stereocenters. The van der Waals surface area contributed by atoms with Crippen molar-refractivity contribution in [1.82, 2.24) is 4.90 Å². The predicted molar refractivity (Wildman–Crippen MR) is 117 cm³/mol. The van der Waals surface area contributed by atoms with Gasteiger partial charge in [-0.15, -0.1) is 0 Å². The van der Waals surface area contributed by atoms with Crippen LogP contribution in [0.15, 0.2) is 85.5 Å². The van der Waals surface area contributed by atoms with Gasteiger partial charge < -0.3 is 0 Å². The first kappa shape index (κ1) is 19.1. The second-order valence-corrected chi connectivity index (χ2v) is 7.90. The number of aromatic nitrogens is 2. The van der Waals surface area contributed by atoms with Crippen LogP contribution in [-0.2, 0) is 13.6 Å². The molecule has 0 aliphatic carbocycles. The van der Waals surface area contributed by atoms with Crippen LogP contribution < -0.4 is 9.13 Å². The maximum Gasteiger partial charge on any atom is 0.261 e. The Kier molecular flexibility index (Phi) is 4.79. The minimum Gasteiger partial charge on any atom is -0.274 e. The number of hydrogen-bond acceptors (Lipinski definition) is 2. The summed E-state index contributed by atoms with van der Waals surface area (Å²) in [6, 6.07) is 19.6. The van der Waals surface area contributed by atoms with Crippen LogP contribution in [0.1, 0.15) is 27.1 Å². The van der Waals surface area contributed by atoms with Crippen LogP contribution in [-0.4, -0.2) is 23.3 Å². The minimum atomic E-state index is -0.202. The van der Waals surface area contributed by atoms with Crippen LogP contribution in [0.5, 0.6) is 0 Å². The predicted octanol–water partition coefficient (Wildman–Crippen LogP) is 3.31. The molecule has 4 aromatic rings. The third kappa shape index (κ3) is 3.48. The summed E-state index contributed by atoms with van der Waals surface area (Å²) < 4.78 is 4.09. The molecule has 1 aliphatic rings. The van der Waals surface area contributed by atoms with Gasteiger partial charge in [-0.05, 0) is 28.6 Å². The van der Waals surface area contributed by atoms with Crippen LogP contribution in [0.25, 0.3) is 21.9 Å². The Bertz CT molecular complexity index is 1240. The third-order valence-corrected chi connectivity index (χ3v) is 5.86. The van der Waals surface area contributed by atoms with Gasteiger partial charge in [0.05, 0.1) is 0 Å².